The number of halogens is 2. The van der Waals surface area contributed by atoms with E-state index in [1.807, 2.05) is 6.07 Å². The van der Waals surface area contributed by atoms with Gasteiger partial charge in [-0.05, 0) is 37.9 Å². The van der Waals surface area contributed by atoms with Crippen LogP contribution in [0.2, 0.25) is 0 Å². The molecule has 16 heavy (non-hydrogen) atoms. The van der Waals surface area contributed by atoms with Crippen LogP contribution in [0.3, 0.4) is 0 Å². The molecule has 0 aliphatic heterocycles. The van der Waals surface area contributed by atoms with Crippen molar-refractivity contribution in [3.63, 3.8) is 0 Å². The van der Waals surface area contributed by atoms with E-state index in [-0.39, 0.29) is 6.04 Å². The molecule has 2 aromatic heterocycles. The zero-order valence-corrected chi connectivity index (χ0v) is 11.6. The smallest absolute Gasteiger partial charge is 0.0924 e. The molecule has 0 saturated carbocycles. The van der Waals surface area contributed by atoms with E-state index in [0.29, 0.717) is 0 Å². The van der Waals surface area contributed by atoms with Gasteiger partial charge >= 0.3 is 0 Å². The summed E-state index contributed by atoms with van der Waals surface area (Å²) in [4.78, 5) is 4.29. The number of rotatable bonds is 2. The number of aryl methyl sites for hydroxylation is 1. The molecule has 0 aromatic carbocycles. The highest BCUT2D eigenvalue weighted by atomic mass is 79.9. The zero-order valence-electron chi connectivity index (χ0n) is 8.43. The van der Waals surface area contributed by atoms with Gasteiger partial charge in [0.2, 0.25) is 0 Å². The van der Waals surface area contributed by atoms with E-state index >= 15 is 0 Å². The van der Waals surface area contributed by atoms with Crippen molar-refractivity contribution in [3.8, 4) is 0 Å². The molecule has 0 amide bonds. The van der Waals surface area contributed by atoms with Crippen molar-refractivity contribution in [2.75, 3.05) is 0 Å². The first-order valence-corrected chi connectivity index (χ1v) is 6.09. The van der Waals surface area contributed by atoms with E-state index in [1.54, 1.807) is 24.1 Å². The Morgan fingerprint density at radius 2 is 2.12 bits per heavy atom. The van der Waals surface area contributed by atoms with Crippen molar-refractivity contribution in [1.82, 2.24) is 20.0 Å². The highest BCUT2D eigenvalue weighted by Crippen LogP contribution is 2.26. The Morgan fingerprint density at radius 3 is 2.69 bits per heavy atom. The Kier molecular flexibility index (Phi) is 3.36. The molecular formula is C9H9Br2N5. The van der Waals surface area contributed by atoms with Crippen molar-refractivity contribution in [3.05, 3.63) is 38.8 Å². The lowest BCUT2D eigenvalue weighted by molar-refractivity contribution is 0.643. The van der Waals surface area contributed by atoms with E-state index in [1.165, 1.54) is 0 Å². The molecule has 1 atom stereocenters. The predicted molar refractivity (Wildman–Crippen MR) is 66.7 cm³/mol. The minimum absolute atomic E-state index is 0.345. The van der Waals surface area contributed by atoms with Gasteiger partial charge in [0.25, 0.3) is 0 Å². The number of hydrogen-bond donors (Lipinski definition) is 1. The summed E-state index contributed by atoms with van der Waals surface area (Å²) in [6, 6.07) is 1.56. The Morgan fingerprint density at radius 1 is 1.38 bits per heavy atom. The van der Waals surface area contributed by atoms with Gasteiger partial charge in [0.05, 0.1) is 23.6 Å². The van der Waals surface area contributed by atoms with Crippen LogP contribution in [0.15, 0.2) is 27.4 Å². The lowest BCUT2D eigenvalue weighted by Crippen LogP contribution is -2.17. The molecule has 0 spiro atoms. The third kappa shape index (κ3) is 2.16. The summed E-state index contributed by atoms with van der Waals surface area (Å²) in [5, 5.41) is 7.64. The summed E-state index contributed by atoms with van der Waals surface area (Å²) in [7, 11) is 1.80. The Labute approximate surface area is 109 Å². The van der Waals surface area contributed by atoms with Crippen LogP contribution in [0.25, 0.3) is 0 Å². The molecule has 0 aliphatic carbocycles. The second-order valence-electron chi connectivity index (χ2n) is 3.28. The van der Waals surface area contributed by atoms with Gasteiger partial charge in [-0.1, -0.05) is 5.21 Å². The van der Waals surface area contributed by atoms with E-state index < -0.39 is 0 Å². The number of nitrogens with zero attached hydrogens (tertiary/aromatic N) is 4. The maximum atomic E-state index is 6.10. The summed E-state index contributed by atoms with van der Waals surface area (Å²) in [5.74, 6) is 0. The summed E-state index contributed by atoms with van der Waals surface area (Å²) in [5.41, 5.74) is 7.68. The maximum absolute atomic E-state index is 6.10. The molecule has 1 unspecified atom stereocenters. The molecule has 0 fully saturated rings. The van der Waals surface area contributed by atoms with Crippen molar-refractivity contribution in [1.29, 1.82) is 0 Å². The molecule has 84 valence electrons. The summed E-state index contributed by atoms with van der Waals surface area (Å²) in [6.07, 6.45) is 3.35. The lowest BCUT2D eigenvalue weighted by Gasteiger charge is -2.12. The summed E-state index contributed by atoms with van der Waals surface area (Å²) >= 11 is 6.78. The van der Waals surface area contributed by atoms with Crippen LogP contribution in [0.1, 0.15) is 17.4 Å². The van der Waals surface area contributed by atoms with Crippen molar-refractivity contribution < 1.29 is 0 Å². The molecule has 2 aromatic rings. The Hall–Kier alpha value is -0.790. The van der Waals surface area contributed by atoms with Crippen LogP contribution in [0.4, 0.5) is 0 Å². The largest absolute Gasteiger partial charge is 0.318 e. The third-order valence-corrected chi connectivity index (χ3v) is 3.27. The van der Waals surface area contributed by atoms with Crippen LogP contribution in [-0.4, -0.2) is 20.0 Å². The van der Waals surface area contributed by atoms with Gasteiger partial charge in [-0.3, -0.25) is 9.67 Å². The highest BCUT2D eigenvalue weighted by Gasteiger charge is 2.17. The molecule has 2 N–H and O–H groups in total. The highest BCUT2D eigenvalue weighted by molar-refractivity contribution is 9.11. The van der Waals surface area contributed by atoms with Crippen LogP contribution in [0.5, 0.6) is 0 Å². The topological polar surface area (TPSA) is 69.6 Å². The molecule has 0 saturated heterocycles. The minimum Gasteiger partial charge on any atom is -0.318 e. The normalized spacial score (nSPS) is 12.8. The third-order valence-electron chi connectivity index (χ3n) is 2.20. The molecule has 5 nitrogen and oxygen atoms in total. The SMILES string of the molecule is Cn1nncc1C(N)c1ncc(Br)cc1Br. The monoisotopic (exact) mass is 345 g/mol. The van der Waals surface area contributed by atoms with E-state index in [0.717, 1.165) is 20.3 Å². The number of aromatic nitrogens is 4. The molecule has 2 rings (SSSR count). The quantitative estimate of drug-likeness (QED) is 0.899. The molecule has 2 heterocycles. The molecular weight excluding hydrogens is 338 g/mol. The van der Waals surface area contributed by atoms with Gasteiger partial charge in [0.15, 0.2) is 0 Å². The van der Waals surface area contributed by atoms with E-state index in [4.69, 9.17) is 5.73 Å². The van der Waals surface area contributed by atoms with Crippen LogP contribution < -0.4 is 5.73 Å². The fourth-order valence-electron chi connectivity index (χ4n) is 1.37. The van der Waals surface area contributed by atoms with E-state index in [2.05, 4.69) is 47.2 Å². The Bertz CT molecular complexity index is 510. The van der Waals surface area contributed by atoms with E-state index in [9.17, 15) is 0 Å². The van der Waals surface area contributed by atoms with Gasteiger partial charge in [0.1, 0.15) is 0 Å². The fourth-order valence-corrected chi connectivity index (χ4v) is 2.61. The first-order valence-electron chi connectivity index (χ1n) is 4.50. The first-order chi connectivity index (χ1) is 7.59. The lowest BCUT2D eigenvalue weighted by atomic mass is 10.1. The number of hydrogen-bond acceptors (Lipinski definition) is 4. The minimum atomic E-state index is -0.345. The van der Waals surface area contributed by atoms with Gasteiger partial charge < -0.3 is 5.73 Å². The standard InChI is InChI=1S/C9H9Br2N5/c1-16-7(4-14-15-16)8(12)9-6(11)2-5(10)3-13-9/h2-4,8H,12H2,1H3. The average molecular weight is 347 g/mol. The summed E-state index contributed by atoms with van der Waals surface area (Å²) < 4.78 is 3.40. The first kappa shape index (κ1) is 11.7. The van der Waals surface area contributed by atoms with Crippen LogP contribution in [0, 0.1) is 0 Å². The number of nitrogens with two attached hydrogens (primary N) is 1. The molecule has 7 heteroatoms. The summed E-state index contributed by atoms with van der Waals surface area (Å²) in [6.45, 7) is 0. The van der Waals surface area contributed by atoms with Crippen molar-refractivity contribution in [2.45, 2.75) is 6.04 Å². The molecule has 0 bridgehead atoms. The van der Waals surface area contributed by atoms with Gasteiger partial charge in [-0.2, -0.15) is 0 Å². The van der Waals surface area contributed by atoms with Crippen LogP contribution in [-0.2, 0) is 7.05 Å². The van der Waals surface area contributed by atoms with Crippen LogP contribution >= 0.6 is 31.9 Å². The van der Waals surface area contributed by atoms with Crippen molar-refractivity contribution in [2.24, 2.45) is 12.8 Å². The fraction of sp³-hybridized carbons (Fsp3) is 0.222. The predicted octanol–water partition coefficient (Wildman–Crippen LogP) is 1.78. The van der Waals surface area contributed by atoms with Gasteiger partial charge in [-0.25, -0.2) is 0 Å². The van der Waals surface area contributed by atoms with Gasteiger partial charge in [-0.15, -0.1) is 5.10 Å². The average Bonchev–Trinajstić information content (AvgIpc) is 2.63. The van der Waals surface area contributed by atoms with Crippen molar-refractivity contribution >= 4 is 31.9 Å². The Balaban J connectivity index is 2.41. The maximum Gasteiger partial charge on any atom is 0.0924 e. The zero-order chi connectivity index (χ0) is 11.7. The number of pyridine rings is 1. The second kappa shape index (κ2) is 4.60. The molecule has 0 aliphatic rings. The second-order valence-corrected chi connectivity index (χ2v) is 5.05. The molecule has 0 radical (unpaired) electrons. The van der Waals surface area contributed by atoms with Gasteiger partial charge in [0, 0.05) is 22.2 Å².